The van der Waals surface area contributed by atoms with E-state index in [-0.39, 0.29) is 5.91 Å². The largest absolute Gasteiger partial charge is 0.497 e. The topological polar surface area (TPSA) is 41.9 Å². The lowest BCUT2D eigenvalue weighted by Crippen LogP contribution is -2.32. The van der Waals surface area contributed by atoms with Crippen molar-refractivity contribution in [1.82, 2.24) is 4.90 Å². The van der Waals surface area contributed by atoms with Gasteiger partial charge in [0.25, 0.3) is 5.91 Å². The van der Waals surface area contributed by atoms with Crippen molar-refractivity contribution in [2.24, 2.45) is 10.9 Å². The Morgan fingerprint density at radius 3 is 2.60 bits per heavy atom. The van der Waals surface area contributed by atoms with Crippen LogP contribution in [0.3, 0.4) is 0 Å². The zero-order chi connectivity index (χ0) is 17.8. The van der Waals surface area contributed by atoms with E-state index in [0.717, 1.165) is 26.4 Å². The predicted molar refractivity (Wildman–Crippen MR) is 107 cm³/mol. The zero-order valence-electron chi connectivity index (χ0n) is 14.4. The normalized spacial score (nSPS) is 17.9. The van der Waals surface area contributed by atoms with Gasteiger partial charge >= 0.3 is 0 Å². The summed E-state index contributed by atoms with van der Waals surface area (Å²) in [6.07, 6.45) is 1.95. The van der Waals surface area contributed by atoms with Crippen molar-refractivity contribution in [1.29, 1.82) is 0 Å². The fourth-order valence-corrected chi connectivity index (χ4v) is 4.12. The third kappa shape index (κ3) is 4.32. The summed E-state index contributed by atoms with van der Waals surface area (Å²) in [6, 6.07) is 11.5. The zero-order valence-corrected chi connectivity index (χ0v) is 16.1. The van der Waals surface area contributed by atoms with Gasteiger partial charge in [-0.25, -0.2) is 4.99 Å². The molecule has 2 aromatic rings. The van der Waals surface area contributed by atoms with Crippen LogP contribution < -0.4 is 4.74 Å². The average Bonchev–Trinajstić information content (AvgIpc) is 3.20. The molecular weight excluding hydrogens is 352 g/mol. The van der Waals surface area contributed by atoms with Gasteiger partial charge in [-0.05, 0) is 59.5 Å². The average molecular weight is 373 g/mol. The molecule has 0 aliphatic carbocycles. The molecule has 0 bridgehead atoms. The SMILES string of the molecule is COc1ccc(N=C2S/C(=C/c3cccs3)C(=O)N2CC(C)C)cc1. The van der Waals surface area contributed by atoms with E-state index in [4.69, 9.17) is 4.74 Å². The third-order valence-corrected chi connectivity index (χ3v) is 5.38. The fourth-order valence-electron chi connectivity index (χ4n) is 2.39. The Balaban J connectivity index is 1.91. The first-order chi connectivity index (χ1) is 12.1. The number of thiophene rings is 1. The van der Waals surface area contributed by atoms with E-state index in [9.17, 15) is 4.79 Å². The molecule has 0 radical (unpaired) electrons. The number of benzene rings is 1. The Morgan fingerprint density at radius 2 is 2.00 bits per heavy atom. The van der Waals surface area contributed by atoms with Gasteiger partial charge in [-0.3, -0.25) is 9.69 Å². The summed E-state index contributed by atoms with van der Waals surface area (Å²) in [5.41, 5.74) is 0.808. The van der Waals surface area contributed by atoms with Gasteiger partial charge in [0.1, 0.15) is 5.75 Å². The van der Waals surface area contributed by atoms with Crippen molar-refractivity contribution in [3.8, 4) is 5.75 Å². The Hall–Kier alpha value is -2.05. The first-order valence-electron chi connectivity index (χ1n) is 8.04. The molecule has 25 heavy (non-hydrogen) atoms. The minimum atomic E-state index is 0.0272. The summed E-state index contributed by atoms with van der Waals surface area (Å²) in [6.45, 7) is 4.86. The maximum Gasteiger partial charge on any atom is 0.266 e. The molecule has 1 aromatic carbocycles. The molecule has 1 amide bonds. The van der Waals surface area contributed by atoms with E-state index in [1.165, 1.54) is 11.8 Å². The second kappa shape index (κ2) is 7.89. The van der Waals surface area contributed by atoms with Crippen LogP contribution in [0.15, 0.2) is 51.7 Å². The number of amides is 1. The number of hydrogen-bond donors (Lipinski definition) is 0. The van der Waals surface area contributed by atoms with Gasteiger partial charge in [0.05, 0.1) is 17.7 Å². The number of hydrogen-bond acceptors (Lipinski definition) is 5. The monoisotopic (exact) mass is 372 g/mol. The second-order valence-corrected chi connectivity index (χ2v) is 8.02. The van der Waals surface area contributed by atoms with Gasteiger partial charge in [0.2, 0.25) is 0 Å². The van der Waals surface area contributed by atoms with Crippen LogP contribution >= 0.6 is 23.1 Å². The van der Waals surface area contributed by atoms with Crippen LogP contribution in [0.5, 0.6) is 5.75 Å². The predicted octanol–water partition coefficient (Wildman–Crippen LogP) is 5.02. The lowest BCUT2D eigenvalue weighted by atomic mass is 10.2. The number of thioether (sulfide) groups is 1. The van der Waals surface area contributed by atoms with Gasteiger partial charge in [0.15, 0.2) is 5.17 Å². The molecule has 0 unspecified atom stereocenters. The molecule has 1 aromatic heterocycles. The van der Waals surface area contributed by atoms with E-state index in [2.05, 4.69) is 18.8 Å². The summed E-state index contributed by atoms with van der Waals surface area (Å²) < 4.78 is 5.18. The highest BCUT2D eigenvalue weighted by Crippen LogP contribution is 2.35. The molecule has 4 nitrogen and oxygen atoms in total. The molecule has 1 aliphatic rings. The number of amidine groups is 1. The van der Waals surface area contributed by atoms with Crippen LogP contribution in [0, 0.1) is 5.92 Å². The number of aliphatic imine (C=N–C) groups is 1. The molecule has 0 saturated carbocycles. The van der Waals surface area contributed by atoms with Crippen LogP contribution in [0.4, 0.5) is 5.69 Å². The van der Waals surface area contributed by atoms with E-state index in [0.29, 0.717) is 12.5 Å². The van der Waals surface area contributed by atoms with Crippen LogP contribution in [0.1, 0.15) is 18.7 Å². The molecule has 130 valence electrons. The fraction of sp³-hybridized carbons (Fsp3) is 0.263. The van der Waals surface area contributed by atoms with Gasteiger partial charge < -0.3 is 4.74 Å². The molecule has 1 saturated heterocycles. The Bertz CT molecular complexity index is 793. The van der Waals surface area contributed by atoms with Crippen molar-refractivity contribution in [3.05, 3.63) is 51.6 Å². The molecule has 0 spiro atoms. The molecule has 0 N–H and O–H groups in total. The molecule has 1 fully saturated rings. The van der Waals surface area contributed by atoms with E-state index < -0.39 is 0 Å². The second-order valence-electron chi connectivity index (χ2n) is 6.03. The lowest BCUT2D eigenvalue weighted by molar-refractivity contribution is -0.122. The Kier molecular flexibility index (Phi) is 5.60. The lowest BCUT2D eigenvalue weighted by Gasteiger charge is -2.17. The third-order valence-electron chi connectivity index (χ3n) is 3.55. The first kappa shape index (κ1) is 17.8. The summed E-state index contributed by atoms with van der Waals surface area (Å²) in [5.74, 6) is 1.18. The van der Waals surface area contributed by atoms with Crippen LogP contribution in [0.25, 0.3) is 6.08 Å². The van der Waals surface area contributed by atoms with E-state index in [1.54, 1.807) is 23.3 Å². The van der Waals surface area contributed by atoms with Crippen LogP contribution in [-0.4, -0.2) is 29.6 Å². The van der Waals surface area contributed by atoms with E-state index in [1.807, 2.05) is 47.9 Å². The highest BCUT2D eigenvalue weighted by Gasteiger charge is 2.33. The number of carbonyl (C=O) groups is 1. The van der Waals surface area contributed by atoms with Crippen molar-refractivity contribution in [3.63, 3.8) is 0 Å². The van der Waals surface area contributed by atoms with Gasteiger partial charge in [0, 0.05) is 11.4 Å². The molecule has 6 heteroatoms. The summed E-state index contributed by atoms with van der Waals surface area (Å²) in [4.78, 5) is 21.1. The number of methoxy groups -OCH3 is 1. The van der Waals surface area contributed by atoms with E-state index >= 15 is 0 Å². The standard InChI is InChI=1S/C19H20N2O2S2/c1-13(2)12-21-18(22)17(11-16-5-4-10-24-16)25-19(21)20-14-6-8-15(23-3)9-7-14/h4-11,13H,12H2,1-3H3/b17-11+,20-19?. The summed E-state index contributed by atoms with van der Waals surface area (Å²) in [5, 5.41) is 2.74. The number of ether oxygens (including phenoxy) is 1. The van der Waals surface area contributed by atoms with Crippen LogP contribution in [-0.2, 0) is 4.79 Å². The van der Waals surface area contributed by atoms with Gasteiger partial charge in [-0.2, -0.15) is 0 Å². The molecule has 3 rings (SSSR count). The number of carbonyl (C=O) groups excluding carboxylic acids is 1. The minimum absolute atomic E-state index is 0.0272. The maximum absolute atomic E-state index is 12.8. The smallest absolute Gasteiger partial charge is 0.266 e. The molecule has 0 atom stereocenters. The molecule has 1 aliphatic heterocycles. The van der Waals surface area contributed by atoms with Crippen molar-refractivity contribution < 1.29 is 9.53 Å². The Morgan fingerprint density at radius 1 is 1.24 bits per heavy atom. The van der Waals surface area contributed by atoms with Gasteiger partial charge in [-0.15, -0.1) is 11.3 Å². The highest BCUT2D eigenvalue weighted by molar-refractivity contribution is 8.18. The first-order valence-corrected chi connectivity index (χ1v) is 9.74. The van der Waals surface area contributed by atoms with Crippen molar-refractivity contribution >= 4 is 45.9 Å². The molecular formula is C19H20N2O2S2. The molecule has 2 heterocycles. The summed E-state index contributed by atoms with van der Waals surface area (Å²) in [7, 11) is 1.64. The number of nitrogens with zero attached hydrogens (tertiary/aromatic N) is 2. The quantitative estimate of drug-likeness (QED) is 0.692. The van der Waals surface area contributed by atoms with Gasteiger partial charge in [-0.1, -0.05) is 19.9 Å². The van der Waals surface area contributed by atoms with Crippen molar-refractivity contribution in [2.75, 3.05) is 13.7 Å². The minimum Gasteiger partial charge on any atom is -0.497 e. The highest BCUT2D eigenvalue weighted by atomic mass is 32.2. The summed E-state index contributed by atoms with van der Waals surface area (Å²) >= 11 is 3.06. The Labute approximate surface area is 156 Å². The number of rotatable bonds is 5. The maximum atomic E-state index is 12.8. The van der Waals surface area contributed by atoms with Crippen LogP contribution in [0.2, 0.25) is 0 Å². The van der Waals surface area contributed by atoms with Crippen molar-refractivity contribution in [2.45, 2.75) is 13.8 Å².